The molecule has 0 aliphatic carbocycles. The van der Waals surface area contributed by atoms with Crippen molar-refractivity contribution in [1.82, 2.24) is 20.7 Å². The number of carbonyl (C=O) groups excluding carboxylic acids is 1. The molecule has 8 heteroatoms. The van der Waals surface area contributed by atoms with Crippen LogP contribution in [0.1, 0.15) is 11.4 Å². The zero-order valence-electron chi connectivity index (χ0n) is 13.5. The highest BCUT2D eigenvalue weighted by atomic mass is 19.1. The van der Waals surface area contributed by atoms with Crippen LogP contribution in [-0.2, 0) is 17.8 Å². The smallest absolute Gasteiger partial charge is 0.272 e. The van der Waals surface area contributed by atoms with E-state index >= 15 is 0 Å². The summed E-state index contributed by atoms with van der Waals surface area (Å²) in [6.07, 6.45) is 0.00169. The molecule has 2 N–H and O–H groups in total. The standard InChI is InChI=1S/C18H13FN4O3/c19-10-5-6-13-15(23-26-16(13)7-10)9-20-17(24)8-14-11-3-1-2-4-12(11)18(25)22-21-14/h1-7H,8-9H2,(H,20,24)(H,22,25). The van der Waals surface area contributed by atoms with Crippen LogP contribution in [0.3, 0.4) is 0 Å². The minimum absolute atomic E-state index is 0.00169. The van der Waals surface area contributed by atoms with Crippen molar-refractivity contribution >= 4 is 27.6 Å². The Morgan fingerprint density at radius 1 is 1.12 bits per heavy atom. The SMILES string of the molecule is O=C(Cc1n[nH]c(=O)c2ccccc12)NCc1noc2cc(F)ccc12. The second-order valence-corrected chi connectivity index (χ2v) is 5.77. The predicted octanol–water partition coefficient (Wildman–Crippen LogP) is 2.06. The third kappa shape index (κ3) is 2.92. The molecule has 26 heavy (non-hydrogen) atoms. The van der Waals surface area contributed by atoms with Crippen molar-refractivity contribution in [3.63, 3.8) is 0 Å². The van der Waals surface area contributed by atoms with Gasteiger partial charge in [0.1, 0.15) is 11.5 Å². The van der Waals surface area contributed by atoms with Crippen LogP contribution in [0.2, 0.25) is 0 Å². The van der Waals surface area contributed by atoms with Gasteiger partial charge in [-0.05, 0) is 18.2 Å². The van der Waals surface area contributed by atoms with E-state index < -0.39 is 5.82 Å². The van der Waals surface area contributed by atoms with Crippen molar-refractivity contribution in [3.8, 4) is 0 Å². The van der Waals surface area contributed by atoms with E-state index in [-0.39, 0.29) is 24.4 Å². The Kier molecular flexibility index (Phi) is 3.92. The van der Waals surface area contributed by atoms with E-state index in [1.54, 1.807) is 30.3 Å². The molecule has 0 saturated heterocycles. The lowest BCUT2D eigenvalue weighted by molar-refractivity contribution is -0.120. The Bertz CT molecular complexity index is 1180. The second kappa shape index (κ2) is 6.40. The molecule has 4 rings (SSSR count). The first-order valence-corrected chi connectivity index (χ1v) is 7.88. The summed E-state index contributed by atoms with van der Waals surface area (Å²) in [5.74, 6) is -0.701. The van der Waals surface area contributed by atoms with Crippen LogP contribution in [0.15, 0.2) is 51.8 Å². The van der Waals surface area contributed by atoms with Gasteiger partial charge in [0.25, 0.3) is 5.56 Å². The van der Waals surface area contributed by atoms with E-state index in [1.165, 1.54) is 12.1 Å². The molecule has 0 bridgehead atoms. The van der Waals surface area contributed by atoms with Crippen molar-refractivity contribution in [2.45, 2.75) is 13.0 Å². The molecule has 0 spiro atoms. The number of aromatic nitrogens is 3. The fourth-order valence-corrected chi connectivity index (χ4v) is 2.79. The molecule has 2 heterocycles. The van der Waals surface area contributed by atoms with Gasteiger partial charge in [0.05, 0.1) is 24.0 Å². The van der Waals surface area contributed by atoms with E-state index in [9.17, 15) is 14.0 Å². The molecule has 0 aliphatic heterocycles. The average molecular weight is 352 g/mol. The van der Waals surface area contributed by atoms with Crippen LogP contribution in [0.4, 0.5) is 4.39 Å². The third-order valence-corrected chi connectivity index (χ3v) is 4.06. The molecular weight excluding hydrogens is 339 g/mol. The van der Waals surface area contributed by atoms with Gasteiger partial charge in [-0.15, -0.1) is 0 Å². The van der Waals surface area contributed by atoms with Crippen LogP contribution in [0.25, 0.3) is 21.7 Å². The summed E-state index contributed by atoms with van der Waals surface area (Å²) in [6.45, 7) is 0.138. The van der Waals surface area contributed by atoms with Gasteiger partial charge in [0.15, 0.2) is 5.58 Å². The molecule has 7 nitrogen and oxygen atoms in total. The van der Waals surface area contributed by atoms with E-state index in [0.717, 1.165) is 0 Å². The summed E-state index contributed by atoms with van der Waals surface area (Å²) in [6, 6.07) is 11.1. The van der Waals surface area contributed by atoms with Crippen LogP contribution in [0.5, 0.6) is 0 Å². The van der Waals surface area contributed by atoms with Crippen LogP contribution >= 0.6 is 0 Å². The fourth-order valence-electron chi connectivity index (χ4n) is 2.79. The molecule has 0 unspecified atom stereocenters. The third-order valence-electron chi connectivity index (χ3n) is 4.06. The Balaban J connectivity index is 1.51. The number of halogens is 1. The summed E-state index contributed by atoms with van der Waals surface area (Å²) in [5.41, 5.74) is 1.01. The maximum Gasteiger partial charge on any atom is 0.272 e. The first kappa shape index (κ1) is 15.9. The van der Waals surface area contributed by atoms with Crippen LogP contribution in [0, 0.1) is 5.82 Å². The summed E-state index contributed by atoms with van der Waals surface area (Å²) in [7, 11) is 0. The maximum absolute atomic E-state index is 13.2. The lowest BCUT2D eigenvalue weighted by Gasteiger charge is -2.05. The normalized spacial score (nSPS) is 11.1. The first-order chi connectivity index (χ1) is 12.6. The first-order valence-electron chi connectivity index (χ1n) is 7.88. The highest BCUT2D eigenvalue weighted by Gasteiger charge is 2.13. The van der Waals surface area contributed by atoms with Gasteiger partial charge in [-0.3, -0.25) is 9.59 Å². The molecule has 2 aromatic carbocycles. The van der Waals surface area contributed by atoms with Gasteiger partial charge in [-0.2, -0.15) is 5.10 Å². The zero-order valence-corrected chi connectivity index (χ0v) is 13.5. The number of nitrogens with zero attached hydrogens (tertiary/aromatic N) is 2. The lowest BCUT2D eigenvalue weighted by atomic mass is 10.1. The monoisotopic (exact) mass is 352 g/mol. The van der Waals surface area contributed by atoms with E-state index in [2.05, 4.69) is 20.7 Å². The van der Waals surface area contributed by atoms with Crippen LogP contribution < -0.4 is 10.9 Å². The van der Waals surface area contributed by atoms with Gasteiger partial charge >= 0.3 is 0 Å². The number of rotatable bonds is 4. The fraction of sp³-hybridized carbons (Fsp3) is 0.111. The number of aromatic amines is 1. The van der Waals surface area contributed by atoms with Gasteiger partial charge in [-0.1, -0.05) is 23.4 Å². The summed E-state index contributed by atoms with van der Waals surface area (Å²) >= 11 is 0. The molecule has 2 aromatic heterocycles. The van der Waals surface area contributed by atoms with Crippen molar-refractivity contribution in [3.05, 3.63) is 70.0 Å². The number of fused-ring (bicyclic) bond motifs is 2. The summed E-state index contributed by atoms with van der Waals surface area (Å²) in [4.78, 5) is 24.0. The van der Waals surface area contributed by atoms with Crippen molar-refractivity contribution in [2.75, 3.05) is 0 Å². The largest absolute Gasteiger partial charge is 0.356 e. The minimum Gasteiger partial charge on any atom is -0.356 e. The minimum atomic E-state index is -0.416. The number of carbonyl (C=O) groups is 1. The van der Waals surface area contributed by atoms with Crippen molar-refractivity contribution in [2.24, 2.45) is 0 Å². The number of nitrogens with one attached hydrogen (secondary N) is 2. The summed E-state index contributed by atoms with van der Waals surface area (Å²) < 4.78 is 18.2. The molecule has 0 atom stereocenters. The Morgan fingerprint density at radius 3 is 2.77 bits per heavy atom. The molecule has 1 amide bonds. The highest BCUT2D eigenvalue weighted by Crippen LogP contribution is 2.19. The summed E-state index contributed by atoms with van der Waals surface area (Å²) in [5, 5.41) is 14.7. The van der Waals surface area contributed by atoms with Gasteiger partial charge < -0.3 is 9.84 Å². The highest BCUT2D eigenvalue weighted by molar-refractivity contribution is 5.88. The van der Waals surface area contributed by atoms with Crippen molar-refractivity contribution in [1.29, 1.82) is 0 Å². The zero-order chi connectivity index (χ0) is 18.1. The van der Waals surface area contributed by atoms with Crippen LogP contribution in [-0.4, -0.2) is 21.3 Å². The number of amides is 1. The maximum atomic E-state index is 13.2. The Morgan fingerprint density at radius 2 is 1.92 bits per heavy atom. The lowest BCUT2D eigenvalue weighted by Crippen LogP contribution is -2.26. The van der Waals surface area contributed by atoms with Gasteiger partial charge in [-0.25, -0.2) is 9.49 Å². The predicted molar refractivity (Wildman–Crippen MR) is 91.9 cm³/mol. The molecule has 0 aliphatic rings. The molecular formula is C18H13FN4O3. The number of hydrogen-bond donors (Lipinski definition) is 2. The molecule has 130 valence electrons. The van der Waals surface area contributed by atoms with E-state index in [1.807, 2.05) is 0 Å². The second-order valence-electron chi connectivity index (χ2n) is 5.77. The van der Waals surface area contributed by atoms with E-state index in [4.69, 9.17) is 4.52 Å². The Hall–Kier alpha value is -3.55. The van der Waals surface area contributed by atoms with Gasteiger partial charge in [0, 0.05) is 16.8 Å². The number of hydrogen-bond acceptors (Lipinski definition) is 5. The topological polar surface area (TPSA) is 101 Å². The van der Waals surface area contributed by atoms with Gasteiger partial charge in [0.2, 0.25) is 5.91 Å². The van der Waals surface area contributed by atoms with E-state index in [0.29, 0.717) is 33.1 Å². The number of benzene rings is 2. The molecule has 0 radical (unpaired) electrons. The molecule has 0 saturated carbocycles. The molecule has 0 fully saturated rings. The average Bonchev–Trinajstić information content (AvgIpc) is 3.04. The quantitative estimate of drug-likeness (QED) is 0.585. The van der Waals surface area contributed by atoms with Crippen molar-refractivity contribution < 1.29 is 13.7 Å². The molecule has 4 aromatic rings. The number of H-pyrrole nitrogens is 1. The Labute approximate surface area is 145 Å².